The van der Waals surface area contributed by atoms with Gasteiger partial charge in [-0.25, -0.2) is 0 Å². The van der Waals surface area contributed by atoms with Gasteiger partial charge in [0.2, 0.25) is 0 Å². The van der Waals surface area contributed by atoms with Crippen molar-refractivity contribution in [2.45, 2.75) is 25.9 Å². The monoisotopic (exact) mass is 311 g/mol. The number of hydrogen-bond donors (Lipinski definition) is 1. The molecule has 0 spiro atoms. The van der Waals surface area contributed by atoms with E-state index in [2.05, 4.69) is 40.0 Å². The summed E-state index contributed by atoms with van der Waals surface area (Å²) in [5.41, 5.74) is 0.722. The van der Waals surface area contributed by atoms with Crippen molar-refractivity contribution < 1.29 is 5.11 Å². The van der Waals surface area contributed by atoms with E-state index in [-0.39, 0.29) is 0 Å². The van der Waals surface area contributed by atoms with Crippen LogP contribution in [0.5, 0.6) is 0 Å². The molecule has 2 heterocycles. The molecule has 2 rings (SSSR count). The summed E-state index contributed by atoms with van der Waals surface area (Å²) < 4.78 is 0.929. The fourth-order valence-electron chi connectivity index (χ4n) is 1.60. The van der Waals surface area contributed by atoms with Gasteiger partial charge in [0, 0.05) is 26.8 Å². The summed E-state index contributed by atoms with van der Waals surface area (Å²) in [4.78, 5) is 6.77. The summed E-state index contributed by atoms with van der Waals surface area (Å²) in [5.74, 6) is 0. The van der Waals surface area contributed by atoms with E-state index in [1.165, 1.54) is 9.75 Å². The second kappa shape index (κ2) is 5.76. The number of rotatable bonds is 4. The average molecular weight is 312 g/mol. The van der Waals surface area contributed by atoms with Gasteiger partial charge in [-0.15, -0.1) is 11.3 Å². The van der Waals surface area contributed by atoms with E-state index in [4.69, 9.17) is 0 Å². The second-order valence-electron chi connectivity index (χ2n) is 3.84. The van der Waals surface area contributed by atoms with Gasteiger partial charge in [-0.05, 0) is 46.6 Å². The molecule has 0 aliphatic heterocycles. The van der Waals surface area contributed by atoms with Gasteiger partial charge in [-0.2, -0.15) is 0 Å². The lowest BCUT2D eigenvalue weighted by Gasteiger charge is -2.08. The fourth-order valence-corrected chi connectivity index (χ4v) is 2.83. The van der Waals surface area contributed by atoms with Gasteiger partial charge in [0.05, 0.1) is 5.69 Å². The predicted molar refractivity (Wildman–Crippen MR) is 74.3 cm³/mol. The van der Waals surface area contributed by atoms with E-state index >= 15 is 0 Å². The van der Waals surface area contributed by atoms with Crippen molar-refractivity contribution in [2.75, 3.05) is 0 Å². The number of aliphatic hydroxyl groups is 1. The van der Waals surface area contributed by atoms with E-state index in [1.807, 2.05) is 12.1 Å². The van der Waals surface area contributed by atoms with Gasteiger partial charge < -0.3 is 5.11 Å². The SMILES string of the molecule is CCc1ccc(CC(O)c2ccc(Br)cn2)s1. The maximum Gasteiger partial charge on any atom is 0.101 e. The number of thiophene rings is 1. The van der Waals surface area contributed by atoms with Crippen LogP contribution in [0.3, 0.4) is 0 Å². The third-order valence-corrected chi connectivity index (χ3v) is 4.27. The van der Waals surface area contributed by atoms with Crippen molar-refractivity contribution in [3.8, 4) is 0 Å². The summed E-state index contributed by atoms with van der Waals surface area (Å²) >= 11 is 5.09. The van der Waals surface area contributed by atoms with E-state index in [9.17, 15) is 5.11 Å². The third-order valence-electron chi connectivity index (χ3n) is 2.55. The molecule has 4 heteroatoms. The Morgan fingerprint density at radius 3 is 2.65 bits per heavy atom. The number of nitrogens with zero attached hydrogens (tertiary/aromatic N) is 1. The minimum atomic E-state index is -0.522. The number of aromatic nitrogens is 1. The van der Waals surface area contributed by atoms with E-state index in [1.54, 1.807) is 17.5 Å². The molecule has 0 amide bonds. The van der Waals surface area contributed by atoms with Crippen molar-refractivity contribution >= 4 is 27.3 Å². The minimum absolute atomic E-state index is 0.522. The Labute approximate surface area is 113 Å². The van der Waals surface area contributed by atoms with Gasteiger partial charge in [0.25, 0.3) is 0 Å². The van der Waals surface area contributed by atoms with Gasteiger partial charge in [0.1, 0.15) is 6.10 Å². The zero-order chi connectivity index (χ0) is 12.3. The topological polar surface area (TPSA) is 33.1 Å². The Kier molecular flexibility index (Phi) is 4.31. The average Bonchev–Trinajstić information content (AvgIpc) is 2.77. The highest BCUT2D eigenvalue weighted by atomic mass is 79.9. The molecule has 0 fully saturated rings. The molecular weight excluding hydrogens is 298 g/mol. The van der Waals surface area contributed by atoms with Gasteiger partial charge >= 0.3 is 0 Å². The molecule has 0 saturated carbocycles. The second-order valence-corrected chi connectivity index (χ2v) is 6.01. The summed E-state index contributed by atoms with van der Waals surface area (Å²) in [7, 11) is 0. The number of pyridine rings is 1. The number of halogens is 1. The first-order valence-corrected chi connectivity index (χ1v) is 7.17. The minimum Gasteiger partial charge on any atom is -0.386 e. The van der Waals surface area contributed by atoms with Crippen LogP contribution in [0.4, 0.5) is 0 Å². The van der Waals surface area contributed by atoms with Crippen LogP contribution in [0.2, 0.25) is 0 Å². The molecule has 90 valence electrons. The number of aliphatic hydroxyl groups excluding tert-OH is 1. The molecular formula is C13H14BrNOS. The molecule has 0 saturated heterocycles. The zero-order valence-electron chi connectivity index (χ0n) is 9.56. The van der Waals surface area contributed by atoms with E-state index < -0.39 is 6.10 Å². The highest BCUT2D eigenvalue weighted by molar-refractivity contribution is 9.10. The predicted octanol–water partition coefficient (Wildman–Crippen LogP) is 3.74. The van der Waals surface area contributed by atoms with Crippen LogP contribution < -0.4 is 0 Å². The largest absolute Gasteiger partial charge is 0.386 e. The first-order valence-electron chi connectivity index (χ1n) is 5.56. The van der Waals surface area contributed by atoms with Crippen LogP contribution >= 0.6 is 27.3 Å². The maximum atomic E-state index is 10.1. The maximum absolute atomic E-state index is 10.1. The molecule has 0 aromatic carbocycles. The Bertz CT molecular complexity index is 480. The van der Waals surface area contributed by atoms with Crippen LogP contribution in [0.15, 0.2) is 34.9 Å². The van der Waals surface area contributed by atoms with Gasteiger partial charge in [-0.3, -0.25) is 4.98 Å². The van der Waals surface area contributed by atoms with Crippen molar-refractivity contribution in [2.24, 2.45) is 0 Å². The number of hydrogen-bond acceptors (Lipinski definition) is 3. The molecule has 1 N–H and O–H groups in total. The van der Waals surface area contributed by atoms with E-state index in [0.29, 0.717) is 6.42 Å². The highest BCUT2D eigenvalue weighted by Gasteiger charge is 2.11. The van der Waals surface area contributed by atoms with Crippen LogP contribution in [0, 0.1) is 0 Å². The fraction of sp³-hybridized carbons (Fsp3) is 0.308. The molecule has 0 bridgehead atoms. The standard InChI is InChI=1S/C13H14BrNOS/c1-2-10-4-5-11(17-10)7-13(16)12-6-3-9(14)8-15-12/h3-6,8,13,16H,2,7H2,1H3. The van der Waals surface area contributed by atoms with Crippen LogP contribution in [-0.2, 0) is 12.8 Å². The summed E-state index contributed by atoms with van der Waals surface area (Å²) in [6, 6.07) is 7.97. The summed E-state index contributed by atoms with van der Waals surface area (Å²) in [6.45, 7) is 2.14. The van der Waals surface area contributed by atoms with Crippen LogP contribution in [0.1, 0.15) is 28.5 Å². The van der Waals surface area contributed by atoms with Crippen molar-refractivity contribution in [1.29, 1.82) is 0 Å². The summed E-state index contributed by atoms with van der Waals surface area (Å²) in [5, 5.41) is 10.1. The molecule has 2 nitrogen and oxygen atoms in total. The Morgan fingerprint density at radius 1 is 1.29 bits per heavy atom. The molecule has 2 aromatic rings. The molecule has 1 atom stereocenters. The Balaban J connectivity index is 2.05. The summed E-state index contributed by atoms with van der Waals surface area (Å²) in [6.07, 6.45) is 2.88. The Morgan fingerprint density at radius 2 is 2.06 bits per heavy atom. The lowest BCUT2D eigenvalue weighted by atomic mass is 10.1. The van der Waals surface area contributed by atoms with Crippen molar-refractivity contribution in [3.05, 3.63) is 50.4 Å². The third kappa shape index (κ3) is 3.37. The smallest absolute Gasteiger partial charge is 0.101 e. The van der Waals surface area contributed by atoms with Crippen LogP contribution in [0.25, 0.3) is 0 Å². The van der Waals surface area contributed by atoms with E-state index in [0.717, 1.165) is 16.6 Å². The van der Waals surface area contributed by atoms with Crippen molar-refractivity contribution in [3.63, 3.8) is 0 Å². The zero-order valence-corrected chi connectivity index (χ0v) is 12.0. The molecule has 17 heavy (non-hydrogen) atoms. The van der Waals surface area contributed by atoms with Crippen LogP contribution in [-0.4, -0.2) is 10.1 Å². The Hall–Kier alpha value is -0.710. The lowest BCUT2D eigenvalue weighted by Crippen LogP contribution is -2.02. The first-order chi connectivity index (χ1) is 8.19. The van der Waals surface area contributed by atoms with Gasteiger partial charge in [-0.1, -0.05) is 6.92 Å². The molecule has 2 aromatic heterocycles. The quantitative estimate of drug-likeness (QED) is 0.933. The highest BCUT2D eigenvalue weighted by Crippen LogP contribution is 2.23. The first kappa shape index (κ1) is 12.7. The molecule has 0 radical (unpaired) electrons. The molecule has 1 unspecified atom stereocenters. The molecule has 0 aliphatic rings. The van der Waals surface area contributed by atoms with Crippen molar-refractivity contribution in [1.82, 2.24) is 4.98 Å². The molecule has 0 aliphatic carbocycles. The van der Waals surface area contributed by atoms with Gasteiger partial charge in [0.15, 0.2) is 0 Å². The number of aryl methyl sites for hydroxylation is 1. The lowest BCUT2D eigenvalue weighted by molar-refractivity contribution is 0.174. The normalized spacial score (nSPS) is 12.6.